The third-order valence-electron chi connectivity index (χ3n) is 4.21. The Morgan fingerprint density at radius 3 is 2.59 bits per heavy atom. The van der Waals surface area contributed by atoms with Crippen LogP contribution in [0.2, 0.25) is 0 Å². The normalized spacial score (nSPS) is 11.5. The van der Waals surface area contributed by atoms with Gasteiger partial charge in [0.15, 0.2) is 0 Å². The minimum Gasteiger partial charge on any atom is -0.297 e. The number of sulfonamides is 1. The summed E-state index contributed by atoms with van der Waals surface area (Å²) >= 11 is 1.11. The SMILES string of the molecule is Cc1ccc(S(=O)(=O)NCCc2nnc(NC(=O)/C=C/c3ccccc3[N+](=O)[O-])s2)cc1. The fraction of sp³-hybridized carbons (Fsp3) is 0.150. The zero-order valence-corrected chi connectivity index (χ0v) is 18.5. The molecule has 10 nitrogen and oxygen atoms in total. The molecule has 166 valence electrons. The molecule has 0 saturated carbocycles. The van der Waals surface area contributed by atoms with E-state index in [9.17, 15) is 23.3 Å². The summed E-state index contributed by atoms with van der Waals surface area (Å²) in [7, 11) is -3.62. The summed E-state index contributed by atoms with van der Waals surface area (Å²) in [6, 6.07) is 12.6. The Morgan fingerprint density at radius 1 is 1.16 bits per heavy atom. The van der Waals surface area contributed by atoms with E-state index < -0.39 is 20.9 Å². The summed E-state index contributed by atoms with van der Waals surface area (Å²) in [5, 5.41) is 22.1. The van der Waals surface area contributed by atoms with Gasteiger partial charge < -0.3 is 0 Å². The fourth-order valence-corrected chi connectivity index (χ4v) is 4.38. The number of aromatic nitrogens is 2. The minimum absolute atomic E-state index is 0.108. The lowest BCUT2D eigenvalue weighted by Gasteiger charge is -2.05. The van der Waals surface area contributed by atoms with Gasteiger partial charge in [-0.3, -0.25) is 20.2 Å². The van der Waals surface area contributed by atoms with Crippen LogP contribution in [0.3, 0.4) is 0 Å². The molecule has 0 spiro atoms. The number of nitro benzene ring substituents is 1. The Kier molecular flexibility index (Phi) is 7.41. The number of benzene rings is 2. The molecule has 32 heavy (non-hydrogen) atoms. The second kappa shape index (κ2) is 10.2. The summed E-state index contributed by atoms with van der Waals surface area (Å²) in [6.07, 6.45) is 2.80. The molecule has 3 aromatic rings. The molecule has 0 fully saturated rings. The predicted molar refractivity (Wildman–Crippen MR) is 121 cm³/mol. The maximum atomic E-state index is 12.3. The van der Waals surface area contributed by atoms with Crippen molar-refractivity contribution in [1.29, 1.82) is 0 Å². The van der Waals surface area contributed by atoms with Crippen molar-refractivity contribution in [2.24, 2.45) is 0 Å². The van der Waals surface area contributed by atoms with Crippen molar-refractivity contribution in [2.45, 2.75) is 18.2 Å². The average molecular weight is 474 g/mol. The third kappa shape index (κ3) is 6.26. The lowest BCUT2D eigenvalue weighted by atomic mass is 10.1. The van der Waals surface area contributed by atoms with Gasteiger partial charge in [-0.1, -0.05) is 41.2 Å². The van der Waals surface area contributed by atoms with E-state index in [1.54, 1.807) is 24.3 Å². The zero-order chi connectivity index (χ0) is 23.1. The Labute approximate surface area is 188 Å². The van der Waals surface area contributed by atoms with Crippen LogP contribution in [-0.4, -0.2) is 36.0 Å². The highest BCUT2D eigenvalue weighted by Gasteiger charge is 2.14. The molecule has 1 amide bonds. The van der Waals surface area contributed by atoms with Gasteiger partial charge in [-0.2, -0.15) is 0 Å². The maximum Gasteiger partial charge on any atom is 0.276 e. The molecular weight excluding hydrogens is 454 g/mol. The first-order chi connectivity index (χ1) is 15.2. The van der Waals surface area contributed by atoms with E-state index in [-0.39, 0.29) is 22.3 Å². The predicted octanol–water partition coefficient (Wildman–Crippen LogP) is 2.93. The molecule has 1 aromatic heterocycles. The molecule has 0 unspecified atom stereocenters. The number of hydrogen-bond acceptors (Lipinski definition) is 8. The van der Waals surface area contributed by atoms with Crippen molar-refractivity contribution in [3.63, 3.8) is 0 Å². The van der Waals surface area contributed by atoms with Gasteiger partial charge in [-0.25, -0.2) is 13.1 Å². The van der Waals surface area contributed by atoms with E-state index in [1.807, 2.05) is 6.92 Å². The first kappa shape index (κ1) is 23.2. The Hall–Kier alpha value is -3.48. The second-order valence-electron chi connectivity index (χ2n) is 6.60. The molecule has 0 atom stereocenters. The number of nitrogens with one attached hydrogen (secondary N) is 2. The summed E-state index contributed by atoms with van der Waals surface area (Å²) in [5.74, 6) is -0.522. The quantitative estimate of drug-likeness (QED) is 0.276. The molecule has 2 aromatic carbocycles. The van der Waals surface area contributed by atoms with Gasteiger partial charge in [-0.05, 0) is 31.2 Å². The van der Waals surface area contributed by atoms with E-state index in [1.165, 1.54) is 36.4 Å². The zero-order valence-electron chi connectivity index (χ0n) is 16.9. The Morgan fingerprint density at radius 2 is 1.88 bits per heavy atom. The second-order valence-corrected chi connectivity index (χ2v) is 9.43. The molecule has 12 heteroatoms. The van der Waals surface area contributed by atoms with Crippen LogP contribution in [-0.2, 0) is 21.2 Å². The van der Waals surface area contributed by atoms with E-state index in [0.29, 0.717) is 17.0 Å². The molecular formula is C20H19N5O5S2. The lowest BCUT2D eigenvalue weighted by Crippen LogP contribution is -2.25. The van der Waals surface area contributed by atoms with Gasteiger partial charge in [0.1, 0.15) is 5.01 Å². The summed E-state index contributed by atoms with van der Waals surface area (Å²) in [6.45, 7) is 1.99. The van der Waals surface area contributed by atoms with Crippen LogP contribution >= 0.6 is 11.3 Å². The lowest BCUT2D eigenvalue weighted by molar-refractivity contribution is -0.385. The van der Waals surface area contributed by atoms with Crippen molar-refractivity contribution < 1.29 is 18.1 Å². The fourth-order valence-electron chi connectivity index (χ4n) is 2.61. The number of rotatable bonds is 9. The van der Waals surface area contributed by atoms with Crippen LogP contribution in [0.4, 0.5) is 10.8 Å². The van der Waals surface area contributed by atoms with Gasteiger partial charge in [0, 0.05) is 25.1 Å². The topological polar surface area (TPSA) is 144 Å². The first-order valence-corrected chi connectivity index (χ1v) is 11.7. The summed E-state index contributed by atoms with van der Waals surface area (Å²) in [5.41, 5.74) is 1.15. The van der Waals surface area contributed by atoms with Crippen molar-refractivity contribution in [1.82, 2.24) is 14.9 Å². The molecule has 3 rings (SSSR count). The molecule has 0 aliphatic rings. The Bertz CT molecular complexity index is 1250. The van der Waals surface area contributed by atoms with Gasteiger partial charge in [0.2, 0.25) is 21.1 Å². The number of nitro groups is 1. The number of nitrogens with zero attached hydrogens (tertiary/aromatic N) is 3. The van der Waals surface area contributed by atoms with E-state index in [2.05, 4.69) is 20.2 Å². The molecule has 0 aliphatic carbocycles. The number of aryl methyl sites for hydroxylation is 1. The first-order valence-electron chi connectivity index (χ1n) is 9.36. The summed E-state index contributed by atoms with van der Waals surface area (Å²) < 4.78 is 27.1. The number of anilines is 1. The smallest absolute Gasteiger partial charge is 0.276 e. The number of carbonyl (C=O) groups excluding carboxylic acids is 1. The van der Waals surface area contributed by atoms with E-state index in [4.69, 9.17) is 0 Å². The van der Waals surface area contributed by atoms with Crippen LogP contribution < -0.4 is 10.0 Å². The van der Waals surface area contributed by atoms with Crippen LogP contribution in [0.15, 0.2) is 59.5 Å². The van der Waals surface area contributed by atoms with Crippen molar-refractivity contribution in [2.75, 3.05) is 11.9 Å². The van der Waals surface area contributed by atoms with Gasteiger partial charge >= 0.3 is 0 Å². The average Bonchev–Trinajstić information content (AvgIpc) is 3.19. The Balaban J connectivity index is 1.53. The molecule has 0 bridgehead atoms. The molecule has 0 radical (unpaired) electrons. The van der Waals surface area contributed by atoms with Crippen LogP contribution in [0.25, 0.3) is 6.08 Å². The van der Waals surface area contributed by atoms with Crippen molar-refractivity contribution >= 4 is 44.2 Å². The third-order valence-corrected chi connectivity index (χ3v) is 6.58. The van der Waals surface area contributed by atoms with Crippen LogP contribution in [0.1, 0.15) is 16.1 Å². The van der Waals surface area contributed by atoms with Gasteiger partial charge in [-0.15, -0.1) is 10.2 Å². The molecule has 2 N–H and O–H groups in total. The highest BCUT2D eigenvalue weighted by atomic mass is 32.2. The highest BCUT2D eigenvalue weighted by Crippen LogP contribution is 2.20. The van der Waals surface area contributed by atoms with Crippen molar-refractivity contribution in [3.8, 4) is 0 Å². The van der Waals surface area contributed by atoms with E-state index in [0.717, 1.165) is 16.9 Å². The van der Waals surface area contributed by atoms with E-state index >= 15 is 0 Å². The molecule has 1 heterocycles. The largest absolute Gasteiger partial charge is 0.297 e. The summed E-state index contributed by atoms with van der Waals surface area (Å²) in [4.78, 5) is 22.7. The van der Waals surface area contributed by atoms with Gasteiger partial charge in [0.05, 0.1) is 15.4 Å². The standard InChI is InChI=1S/C20H19N5O5S2/c1-14-6-9-16(10-7-14)32(29,30)21-13-12-19-23-24-20(31-19)22-18(26)11-8-15-4-2-3-5-17(15)25(27)28/h2-11,21H,12-13H2,1H3,(H,22,24,26)/b11-8+. The molecule has 0 aliphatic heterocycles. The van der Waals surface area contributed by atoms with Gasteiger partial charge in [0.25, 0.3) is 5.69 Å². The van der Waals surface area contributed by atoms with Crippen LogP contribution in [0.5, 0.6) is 0 Å². The number of amides is 1. The number of hydrogen-bond donors (Lipinski definition) is 2. The number of carbonyl (C=O) groups is 1. The monoisotopic (exact) mass is 473 g/mol. The number of para-hydroxylation sites is 1. The molecule has 0 saturated heterocycles. The maximum absolute atomic E-state index is 12.3. The highest BCUT2D eigenvalue weighted by molar-refractivity contribution is 7.89. The van der Waals surface area contributed by atoms with Crippen LogP contribution in [0, 0.1) is 17.0 Å². The van der Waals surface area contributed by atoms with Crippen molar-refractivity contribution in [3.05, 3.63) is 80.9 Å². The minimum atomic E-state index is -3.62.